The number of nitrogens with zero attached hydrogens (tertiary/aromatic N) is 1. The van der Waals surface area contributed by atoms with E-state index in [2.05, 4.69) is 16.0 Å². The Hall–Kier alpha value is -1.30. The van der Waals surface area contributed by atoms with E-state index < -0.39 is 0 Å². The lowest BCUT2D eigenvalue weighted by Gasteiger charge is -2.49. The van der Waals surface area contributed by atoms with E-state index in [1.807, 2.05) is 17.0 Å². The van der Waals surface area contributed by atoms with Crippen LogP contribution >= 0.6 is 11.6 Å². The summed E-state index contributed by atoms with van der Waals surface area (Å²) in [4.78, 5) is 14.7. The first-order valence-corrected chi connectivity index (χ1v) is 7.83. The number of carbonyl (C=O) groups excluding carboxylic acids is 1. The molecular formula is C15H21ClN4O. The van der Waals surface area contributed by atoms with Gasteiger partial charge < -0.3 is 20.9 Å². The van der Waals surface area contributed by atoms with Gasteiger partial charge in [0.25, 0.3) is 0 Å². The first-order valence-electron chi connectivity index (χ1n) is 7.45. The van der Waals surface area contributed by atoms with Crippen LogP contribution in [0.1, 0.15) is 12.8 Å². The number of anilines is 1. The van der Waals surface area contributed by atoms with Crippen LogP contribution in [0.2, 0.25) is 5.02 Å². The molecule has 5 nitrogen and oxygen atoms in total. The first kappa shape index (κ1) is 14.6. The first-order chi connectivity index (χ1) is 10.2. The molecule has 0 aromatic heterocycles. The maximum absolute atomic E-state index is 12.7. The van der Waals surface area contributed by atoms with Crippen LogP contribution in [-0.4, -0.2) is 49.2 Å². The molecule has 6 heteroatoms. The van der Waals surface area contributed by atoms with E-state index in [0.717, 1.165) is 51.3 Å². The van der Waals surface area contributed by atoms with Crippen molar-refractivity contribution in [3.63, 3.8) is 0 Å². The van der Waals surface area contributed by atoms with Crippen molar-refractivity contribution in [2.45, 2.75) is 18.4 Å². The Bertz CT molecular complexity index is 508. The third kappa shape index (κ3) is 3.15. The van der Waals surface area contributed by atoms with Gasteiger partial charge in [-0.1, -0.05) is 17.7 Å². The topological polar surface area (TPSA) is 56.4 Å². The zero-order valence-corrected chi connectivity index (χ0v) is 12.7. The molecule has 1 spiro atoms. The van der Waals surface area contributed by atoms with Crippen LogP contribution in [0.5, 0.6) is 0 Å². The molecule has 2 fully saturated rings. The molecule has 0 radical (unpaired) electrons. The van der Waals surface area contributed by atoms with E-state index >= 15 is 0 Å². The molecule has 0 unspecified atom stereocenters. The summed E-state index contributed by atoms with van der Waals surface area (Å²) in [6, 6.07) is 7.25. The fourth-order valence-corrected chi connectivity index (χ4v) is 3.45. The van der Waals surface area contributed by atoms with Crippen LogP contribution in [0.25, 0.3) is 0 Å². The number of benzene rings is 1. The van der Waals surface area contributed by atoms with Gasteiger partial charge in [0.2, 0.25) is 0 Å². The summed E-state index contributed by atoms with van der Waals surface area (Å²) >= 11 is 5.97. The van der Waals surface area contributed by atoms with Gasteiger partial charge in [0.15, 0.2) is 0 Å². The summed E-state index contributed by atoms with van der Waals surface area (Å²) in [6.07, 6.45) is 1.98. The zero-order valence-electron chi connectivity index (χ0n) is 12.0. The SMILES string of the molecule is O=C(Nc1cccc(Cl)c1)N1CCNCC12CCNCC2. The van der Waals surface area contributed by atoms with Gasteiger partial charge in [-0.15, -0.1) is 0 Å². The van der Waals surface area contributed by atoms with E-state index in [1.165, 1.54) is 0 Å². The molecule has 0 saturated carbocycles. The predicted molar refractivity (Wildman–Crippen MR) is 84.9 cm³/mol. The molecule has 2 heterocycles. The minimum absolute atomic E-state index is 0.0272. The quantitative estimate of drug-likeness (QED) is 0.743. The Labute approximate surface area is 130 Å². The smallest absolute Gasteiger partial charge is 0.317 e. The molecule has 3 rings (SSSR count). The fraction of sp³-hybridized carbons (Fsp3) is 0.533. The maximum atomic E-state index is 12.7. The molecule has 21 heavy (non-hydrogen) atoms. The second kappa shape index (κ2) is 6.22. The molecule has 1 aromatic rings. The van der Waals surface area contributed by atoms with Crippen molar-refractivity contribution >= 4 is 23.3 Å². The summed E-state index contributed by atoms with van der Waals surface area (Å²) in [5, 5.41) is 10.4. The number of nitrogens with one attached hydrogen (secondary N) is 3. The number of amides is 2. The van der Waals surface area contributed by atoms with Gasteiger partial charge in [0.1, 0.15) is 0 Å². The number of hydrogen-bond acceptors (Lipinski definition) is 3. The lowest BCUT2D eigenvalue weighted by Crippen LogP contribution is -2.66. The van der Waals surface area contributed by atoms with Crippen molar-refractivity contribution in [3.8, 4) is 0 Å². The minimum Gasteiger partial charge on any atom is -0.317 e. The average Bonchev–Trinajstić information content (AvgIpc) is 2.48. The molecule has 0 bridgehead atoms. The molecule has 2 aliphatic rings. The number of rotatable bonds is 1. The van der Waals surface area contributed by atoms with Crippen molar-refractivity contribution in [2.24, 2.45) is 0 Å². The van der Waals surface area contributed by atoms with E-state index in [0.29, 0.717) is 5.02 Å². The van der Waals surface area contributed by atoms with E-state index in [-0.39, 0.29) is 11.6 Å². The monoisotopic (exact) mass is 308 g/mol. The zero-order chi connectivity index (χ0) is 14.7. The van der Waals surface area contributed by atoms with Crippen molar-refractivity contribution in [3.05, 3.63) is 29.3 Å². The predicted octanol–water partition coefficient (Wildman–Crippen LogP) is 1.90. The minimum atomic E-state index is -0.0633. The number of hydrogen-bond donors (Lipinski definition) is 3. The van der Waals surface area contributed by atoms with Crippen molar-refractivity contribution in [1.82, 2.24) is 15.5 Å². The molecular weight excluding hydrogens is 288 g/mol. The molecule has 2 aliphatic heterocycles. The third-order valence-corrected chi connectivity index (χ3v) is 4.63. The second-order valence-corrected chi connectivity index (χ2v) is 6.18. The Morgan fingerprint density at radius 3 is 2.81 bits per heavy atom. The standard InChI is InChI=1S/C15H21ClN4O/c16-12-2-1-3-13(10-12)19-14(21)20-9-8-18-11-15(20)4-6-17-7-5-15/h1-3,10,17-18H,4-9,11H2,(H,19,21). The molecule has 2 saturated heterocycles. The van der Waals surface area contributed by atoms with E-state index in [9.17, 15) is 4.79 Å². The van der Waals surface area contributed by atoms with Crippen molar-refractivity contribution < 1.29 is 4.79 Å². The summed E-state index contributed by atoms with van der Waals surface area (Å²) in [5.41, 5.74) is 0.682. The van der Waals surface area contributed by atoms with Gasteiger partial charge in [0, 0.05) is 30.3 Å². The van der Waals surface area contributed by atoms with Crippen LogP contribution in [-0.2, 0) is 0 Å². The Morgan fingerprint density at radius 2 is 2.05 bits per heavy atom. The molecule has 0 aliphatic carbocycles. The highest BCUT2D eigenvalue weighted by atomic mass is 35.5. The lowest BCUT2D eigenvalue weighted by atomic mass is 9.85. The highest BCUT2D eigenvalue weighted by molar-refractivity contribution is 6.30. The van der Waals surface area contributed by atoms with Gasteiger partial charge in [-0.05, 0) is 44.1 Å². The third-order valence-electron chi connectivity index (χ3n) is 4.39. The summed E-state index contributed by atoms with van der Waals surface area (Å²) in [6.45, 7) is 4.38. The van der Waals surface area contributed by atoms with Crippen LogP contribution in [0.3, 0.4) is 0 Å². The van der Waals surface area contributed by atoms with Gasteiger partial charge in [0.05, 0.1) is 5.54 Å². The summed E-state index contributed by atoms with van der Waals surface area (Å²) in [7, 11) is 0. The normalized spacial score (nSPS) is 21.3. The van der Waals surface area contributed by atoms with Crippen LogP contribution in [0, 0.1) is 0 Å². The van der Waals surface area contributed by atoms with Gasteiger partial charge in [-0.2, -0.15) is 0 Å². The number of carbonyl (C=O) groups is 1. The number of urea groups is 1. The summed E-state index contributed by atoms with van der Waals surface area (Å²) < 4.78 is 0. The average molecular weight is 309 g/mol. The Morgan fingerprint density at radius 1 is 1.24 bits per heavy atom. The number of halogens is 1. The van der Waals surface area contributed by atoms with Crippen molar-refractivity contribution in [2.75, 3.05) is 38.0 Å². The maximum Gasteiger partial charge on any atom is 0.322 e. The lowest BCUT2D eigenvalue weighted by molar-refractivity contribution is 0.0690. The fourth-order valence-electron chi connectivity index (χ4n) is 3.26. The van der Waals surface area contributed by atoms with Crippen molar-refractivity contribution in [1.29, 1.82) is 0 Å². The van der Waals surface area contributed by atoms with E-state index in [4.69, 9.17) is 11.6 Å². The Balaban J connectivity index is 1.75. The molecule has 3 N–H and O–H groups in total. The van der Waals surface area contributed by atoms with Crippen LogP contribution in [0.15, 0.2) is 24.3 Å². The molecule has 1 aromatic carbocycles. The molecule has 114 valence electrons. The second-order valence-electron chi connectivity index (χ2n) is 5.74. The summed E-state index contributed by atoms with van der Waals surface area (Å²) in [5.74, 6) is 0. The highest BCUT2D eigenvalue weighted by Crippen LogP contribution is 2.28. The van der Waals surface area contributed by atoms with Gasteiger partial charge in [-0.3, -0.25) is 0 Å². The highest BCUT2D eigenvalue weighted by Gasteiger charge is 2.42. The van der Waals surface area contributed by atoms with E-state index in [1.54, 1.807) is 12.1 Å². The van der Waals surface area contributed by atoms with Crippen LogP contribution < -0.4 is 16.0 Å². The number of piperazine rings is 1. The number of piperidine rings is 1. The van der Waals surface area contributed by atoms with Crippen LogP contribution in [0.4, 0.5) is 10.5 Å². The largest absolute Gasteiger partial charge is 0.322 e. The van der Waals surface area contributed by atoms with Gasteiger partial charge in [-0.25, -0.2) is 4.79 Å². The Kier molecular flexibility index (Phi) is 4.33. The molecule has 2 amide bonds. The van der Waals surface area contributed by atoms with Gasteiger partial charge >= 0.3 is 6.03 Å². The molecule has 0 atom stereocenters.